The van der Waals surface area contributed by atoms with Crippen molar-refractivity contribution in [2.75, 3.05) is 18.4 Å². The van der Waals surface area contributed by atoms with Gasteiger partial charge in [-0.1, -0.05) is 25.4 Å². The van der Waals surface area contributed by atoms with Crippen molar-refractivity contribution in [2.24, 2.45) is 5.41 Å². The Balaban J connectivity index is 2.14. The van der Waals surface area contributed by atoms with Crippen molar-refractivity contribution in [3.63, 3.8) is 0 Å². The molecule has 1 saturated heterocycles. The van der Waals surface area contributed by atoms with E-state index in [1.165, 1.54) is 0 Å². The Morgan fingerprint density at radius 2 is 2.24 bits per heavy atom. The molecular weight excluding hydrogens is 234 g/mol. The van der Waals surface area contributed by atoms with E-state index < -0.39 is 0 Å². The maximum absolute atomic E-state index is 5.87. The van der Waals surface area contributed by atoms with Gasteiger partial charge in [0.05, 0.1) is 11.4 Å². The van der Waals surface area contributed by atoms with Gasteiger partial charge in [-0.25, -0.2) is 4.98 Å². The molecule has 2 N–H and O–H groups in total. The van der Waals surface area contributed by atoms with Gasteiger partial charge in [-0.05, 0) is 37.4 Å². The Labute approximate surface area is 108 Å². The Kier molecular flexibility index (Phi) is 3.59. The second-order valence-electron chi connectivity index (χ2n) is 5.42. The van der Waals surface area contributed by atoms with Gasteiger partial charge in [-0.3, -0.25) is 0 Å². The van der Waals surface area contributed by atoms with E-state index >= 15 is 0 Å². The summed E-state index contributed by atoms with van der Waals surface area (Å²) in [4.78, 5) is 4.27. The minimum atomic E-state index is 0.254. The third-order valence-electron chi connectivity index (χ3n) is 3.52. The quantitative estimate of drug-likeness (QED) is 0.796. The first-order valence-corrected chi connectivity index (χ1v) is 6.47. The van der Waals surface area contributed by atoms with Crippen molar-refractivity contribution < 1.29 is 0 Å². The molecule has 0 spiro atoms. The first-order valence-electron chi connectivity index (χ1n) is 6.09. The highest BCUT2D eigenvalue weighted by Crippen LogP contribution is 2.29. The van der Waals surface area contributed by atoms with Crippen molar-refractivity contribution in [3.8, 4) is 0 Å². The van der Waals surface area contributed by atoms with Crippen LogP contribution in [0.1, 0.15) is 26.0 Å². The minimum Gasteiger partial charge on any atom is -0.380 e. The molecule has 0 saturated carbocycles. The lowest BCUT2D eigenvalue weighted by Gasteiger charge is -2.40. The zero-order valence-electron chi connectivity index (χ0n) is 10.7. The molecule has 1 fully saturated rings. The van der Waals surface area contributed by atoms with Gasteiger partial charge < -0.3 is 10.6 Å². The van der Waals surface area contributed by atoms with Crippen molar-refractivity contribution in [2.45, 2.75) is 33.2 Å². The molecule has 1 atom stereocenters. The lowest BCUT2D eigenvalue weighted by atomic mass is 9.80. The van der Waals surface area contributed by atoms with Gasteiger partial charge in [0.2, 0.25) is 0 Å². The van der Waals surface area contributed by atoms with Crippen LogP contribution in [-0.4, -0.2) is 24.1 Å². The Morgan fingerprint density at radius 1 is 1.47 bits per heavy atom. The molecule has 3 nitrogen and oxygen atoms in total. The maximum atomic E-state index is 5.87. The smallest absolute Gasteiger partial charge is 0.129 e. The van der Waals surface area contributed by atoms with Crippen LogP contribution in [0.25, 0.3) is 0 Å². The number of rotatable bonds is 2. The summed E-state index contributed by atoms with van der Waals surface area (Å²) >= 11 is 5.87. The van der Waals surface area contributed by atoms with Crippen LogP contribution in [0, 0.1) is 12.3 Å². The van der Waals surface area contributed by atoms with E-state index in [0.717, 1.165) is 30.9 Å². The van der Waals surface area contributed by atoms with E-state index in [1.807, 2.05) is 19.1 Å². The molecule has 0 amide bonds. The molecule has 1 aromatic heterocycles. The van der Waals surface area contributed by atoms with Crippen LogP contribution in [0.2, 0.25) is 5.15 Å². The van der Waals surface area contributed by atoms with Crippen LogP contribution in [0.15, 0.2) is 12.1 Å². The predicted molar refractivity (Wildman–Crippen MR) is 72.7 cm³/mol. The third kappa shape index (κ3) is 2.90. The fraction of sp³-hybridized carbons (Fsp3) is 0.615. The highest BCUT2D eigenvalue weighted by atomic mass is 35.5. The number of hydrogen-bond donors (Lipinski definition) is 2. The van der Waals surface area contributed by atoms with Gasteiger partial charge in [-0.2, -0.15) is 0 Å². The number of nitrogens with one attached hydrogen (secondary N) is 2. The summed E-state index contributed by atoms with van der Waals surface area (Å²) in [6.45, 7) is 8.68. The molecule has 2 rings (SSSR count). The van der Waals surface area contributed by atoms with Gasteiger partial charge in [-0.15, -0.1) is 0 Å². The number of nitrogens with zero attached hydrogens (tertiary/aromatic N) is 1. The van der Waals surface area contributed by atoms with Gasteiger partial charge in [0.1, 0.15) is 5.15 Å². The van der Waals surface area contributed by atoms with E-state index in [2.05, 4.69) is 29.5 Å². The number of anilines is 1. The number of hydrogen-bond acceptors (Lipinski definition) is 3. The van der Waals surface area contributed by atoms with Crippen LogP contribution in [-0.2, 0) is 0 Å². The molecule has 1 aliphatic heterocycles. The summed E-state index contributed by atoms with van der Waals surface area (Å²) in [5.41, 5.74) is 2.31. The summed E-state index contributed by atoms with van der Waals surface area (Å²) in [5, 5.41) is 7.60. The third-order valence-corrected chi connectivity index (χ3v) is 3.73. The lowest BCUT2D eigenvalue weighted by Crippen LogP contribution is -2.49. The van der Waals surface area contributed by atoms with Crippen LogP contribution in [0.4, 0.5) is 5.69 Å². The van der Waals surface area contributed by atoms with Crippen LogP contribution >= 0.6 is 11.6 Å². The Hall–Kier alpha value is -0.800. The predicted octanol–water partition coefficient (Wildman–Crippen LogP) is 2.84. The maximum Gasteiger partial charge on any atom is 0.129 e. The van der Waals surface area contributed by atoms with E-state index in [4.69, 9.17) is 11.6 Å². The highest BCUT2D eigenvalue weighted by molar-refractivity contribution is 6.29. The first kappa shape index (κ1) is 12.7. The van der Waals surface area contributed by atoms with Crippen molar-refractivity contribution >= 4 is 17.3 Å². The average molecular weight is 254 g/mol. The molecule has 1 unspecified atom stereocenters. The topological polar surface area (TPSA) is 37.0 Å². The van der Waals surface area contributed by atoms with E-state index in [1.54, 1.807) is 0 Å². The van der Waals surface area contributed by atoms with E-state index in [0.29, 0.717) is 11.2 Å². The molecule has 1 aromatic rings. The van der Waals surface area contributed by atoms with E-state index in [9.17, 15) is 0 Å². The summed E-state index contributed by atoms with van der Waals surface area (Å²) in [6, 6.07) is 4.33. The molecule has 0 aromatic carbocycles. The molecule has 0 bridgehead atoms. The van der Waals surface area contributed by atoms with Crippen molar-refractivity contribution in [3.05, 3.63) is 23.0 Å². The van der Waals surface area contributed by atoms with E-state index in [-0.39, 0.29) is 5.41 Å². The normalized spacial score (nSPS) is 23.4. The summed E-state index contributed by atoms with van der Waals surface area (Å²) in [5.74, 6) is 0. The number of aryl methyl sites for hydroxylation is 1. The van der Waals surface area contributed by atoms with Gasteiger partial charge >= 0.3 is 0 Å². The molecule has 2 heterocycles. The van der Waals surface area contributed by atoms with Crippen LogP contribution < -0.4 is 10.6 Å². The van der Waals surface area contributed by atoms with Gasteiger partial charge in [0.15, 0.2) is 0 Å². The molecule has 94 valence electrons. The monoisotopic (exact) mass is 253 g/mol. The SMILES string of the molecule is Cc1nc(Cl)ccc1NC1CCNCC1(C)C. The largest absolute Gasteiger partial charge is 0.380 e. The number of halogens is 1. The Bertz CT molecular complexity index is 404. The molecule has 0 radical (unpaired) electrons. The van der Waals surface area contributed by atoms with Crippen molar-refractivity contribution in [1.29, 1.82) is 0 Å². The summed E-state index contributed by atoms with van der Waals surface area (Å²) in [6.07, 6.45) is 1.13. The van der Waals surface area contributed by atoms with Crippen molar-refractivity contribution in [1.82, 2.24) is 10.3 Å². The molecule has 17 heavy (non-hydrogen) atoms. The van der Waals surface area contributed by atoms with Gasteiger partial charge in [0, 0.05) is 12.6 Å². The fourth-order valence-corrected chi connectivity index (χ4v) is 2.50. The molecule has 1 aliphatic rings. The highest BCUT2D eigenvalue weighted by Gasteiger charge is 2.32. The molecule has 4 heteroatoms. The summed E-state index contributed by atoms with van der Waals surface area (Å²) < 4.78 is 0. The van der Waals surface area contributed by atoms with Gasteiger partial charge in [0.25, 0.3) is 0 Å². The summed E-state index contributed by atoms with van der Waals surface area (Å²) in [7, 11) is 0. The number of pyridine rings is 1. The zero-order valence-corrected chi connectivity index (χ0v) is 11.4. The fourth-order valence-electron chi connectivity index (χ4n) is 2.31. The van der Waals surface area contributed by atoms with Crippen LogP contribution in [0.5, 0.6) is 0 Å². The number of aromatic nitrogens is 1. The zero-order chi connectivity index (χ0) is 12.5. The molecule has 0 aliphatic carbocycles. The lowest BCUT2D eigenvalue weighted by molar-refractivity contribution is 0.236. The second kappa shape index (κ2) is 4.83. The van der Waals surface area contributed by atoms with Crippen LogP contribution in [0.3, 0.4) is 0 Å². The Morgan fingerprint density at radius 3 is 2.88 bits per heavy atom. The second-order valence-corrected chi connectivity index (χ2v) is 5.81. The number of piperidine rings is 1. The average Bonchev–Trinajstić information content (AvgIpc) is 2.24. The first-order chi connectivity index (χ1) is 7.99. The standard InChI is InChI=1S/C13H20ClN3/c1-9-10(4-5-12(14)16-9)17-11-6-7-15-8-13(11,2)3/h4-5,11,15,17H,6-8H2,1-3H3. The molecular formula is C13H20ClN3. The minimum absolute atomic E-state index is 0.254.